The number of hydrogen-bond acceptors (Lipinski definition) is 6. The van der Waals surface area contributed by atoms with Crippen LogP contribution < -0.4 is 4.73 Å². The molecule has 0 radical (unpaired) electrons. The van der Waals surface area contributed by atoms with Crippen LogP contribution in [0.1, 0.15) is 41.6 Å². The Balaban J connectivity index is 1.63. The minimum absolute atomic E-state index is 0.137. The van der Waals surface area contributed by atoms with Gasteiger partial charge < -0.3 is 14.5 Å². The van der Waals surface area contributed by atoms with Crippen molar-refractivity contribution in [2.24, 2.45) is 0 Å². The van der Waals surface area contributed by atoms with Gasteiger partial charge in [-0.05, 0) is 11.5 Å². The van der Waals surface area contributed by atoms with Crippen LogP contribution in [0, 0.1) is 5.21 Å². The maximum Gasteiger partial charge on any atom is 0.339 e. The zero-order valence-corrected chi connectivity index (χ0v) is 13.9. The molecule has 128 valence electrons. The van der Waals surface area contributed by atoms with E-state index in [1.54, 1.807) is 0 Å². The normalized spacial score (nSPS) is 10.8. The minimum atomic E-state index is -0.568. The van der Waals surface area contributed by atoms with Gasteiger partial charge in [0, 0.05) is 17.7 Å². The van der Waals surface area contributed by atoms with Crippen LogP contribution in [-0.2, 0) is 11.3 Å². The van der Waals surface area contributed by atoms with Crippen molar-refractivity contribution in [2.45, 2.75) is 26.4 Å². The van der Waals surface area contributed by atoms with Gasteiger partial charge in [0.2, 0.25) is 5.82 Å². The third-order valence-electron chi connectivity index (χ3n) is 3.67. The molecular weight excluding hydrogens is 322 g/mol. The molecule has 0 bridgehead atoms. The lowest BCUT2D eigenvalue weighted by Gasteiger charge is -2.04. The van der Waals surface area contributed by atoms with Crippen LogP contribution in [0.4, 0.5) is 0 Å². The van der Waals surface area contributed by atoms with Gasteiger partial charge in [0.1, 0.15) is 0 Å². The molecular formula is C18H17N3O4. The SMILES string of the molecule is CC(C)c1ccc(-c2noc(COC(=O)c3cc[n+]([O-])cc3)n2)cc1. The fourth-order valence-electron chi connectivity index (χ4n) is 2.21. The molecule has 0 N–H and O–H groups in total. The molecule has 1 aromatic carbocycles. The molecule has 2 heterocycles. The molecule has 0 atom stereocenters. The molecule has 3 aromatic rings. The smallest absolute Gasteiger partial charge is 0.339 e. The number of aromatic nitrogens is 3. The molecule has 0 fully saturated rings. The molecule has 7 nitrogen and oxygen atoms in total. The van der Waals surface area contributed by atoms with Crippen molar-refractivity contribution in [1.82, 2.24) is 10.1 Å². The summed E-state index contributed by atoms with van der Waals surface area (Å²) < 4.78 is 10.8. The summed E-state index contributed by atoms with van der Waals surface area (Å²) in [4.78, 5) is 16.1. The van der Waals surface area contributed by atoms with Crippen LogP contribution in [-0.4, -0.2) is 16.1 Å². The van der Waals surface area contributed by atoms with Gasteiger partial charge in [-0.1, -0.05) is 43.3 Å². The third-order valence-corrected chi connectivity index (χ3v) is 3.67. The third kappa shape index (κ3) is 4.00. The van der Waals surface area contributed by atoms with E-state index in [0.717, 1.165) is 5.56 Å². The predicted octanol–water partition coefficient (Wildman–Crippen LogP) is 2.85. The summed E-state index contributed by atoms with van der Waals surface area (Å²) in [5.41, 5.74) is 2.33. The zero-order valence-electron chi connectivity index (χ0n) is 13.9. The fourth-order valence-corrected chi connectivity index (χ4v) is 2.21. The highest BCUT2D eigenvalue weighted by molar-refractivity contribution is 5.88. The Morgan fingerprint density at radius 2 is 1.88 bits per heavy atom. The van der Waals surface area contributed by atoms with Crippen molar-refractivity contribution in [3.63, 3.8) is 0 Å². The van der Waals surface area contributed by atoms with Gasteiger partial charge in [-0.3, -0.25) is 0 Å². The van der Waals surface area contributed by atoms with Crippen LogP contribution in [0.25, 0.3) is 11.4 Å². The van der Waals surface area contributed by atoms with Gasteiger partial charge in [-0.2, -0.15) is 9.71 Å². The van der Waals surface area contributed by atoms with Crippen molar-refractivity contribution < 1.29 is 18.8 Å². The van der Waals surface area contributed by atoms with E-state index in [0.29, 0.717) is 16.5 Å². The van der Waals surface area contributed by atoms with E-state index >= 15 is 0 Å². The Morgan fingerprint density at radius 1 is 1.20 bits per heavy atom. The summed E-state index contributed by atoms with van der Waals surface area (Å²) in [6, 6.07) is 10.7. The first-order chi connectivity index (χ1) is 12.0. The highest BCUT2D eigenvalue weighted by Crippen LogP contribution is 2.20. The lowest BCUT2D eigenvalue weighted by atomic mass is 10.0. The topological polar surface area (TPSA) is 92.2 Å². The highest BCUT2D eigenvalue weighted by atomic mass is 16.6. The van der Waals surface area contributed by atoms with E-state index in [2.05, 4.69) is 24.0 Å². The van der Waals surface area contributed by atoms with Crippen molar-refractivity contribution >= 4 is 5.97 Å². The Hall–Kier alpha value is -3.22. The fraction of sp³-hybridized carbons (Fsp3) is 0.222. The summed E-state index contributed by atoms with van der Waals surface area (Å²) >= 11 is 0. The Bertz CT molecular complexity index is 855. The van der Waals surface area contributed by atoms with Gasteiger partial charge in [0.25, 0.3) is 5.89 Å². The van der Waals surface area contributed by atoms with Crippen LogP contribution in [0.2, 0.25) is 0 Å². The molecule has 0 saturated heterocycles. The monoisotopic (exact) mass is 339 g/mol. The largest absolute Gasteiger partial charge is 0.619 e. The number of ether oxygens (including phenoxy) is 1. The number of esters is 1. The highest BCUT2D eigenvalue weighted by Gasteiger charge is 2.13. The van der Waals surface area contributed by atoms with E-state index in [1.165, 1.54) is 30.1 Å². The maximum absolute atomic E-state index is 11.9. The molecule has 25 heavy (non-hydrogen) atoms. The second-order valence-corrected chi connectivity index (χ2v) is 5.81. The Kier molecular flexibility index (Phi) is 4.74. The average Bonchev–Trinajstić information content (AvgIpc) is 3.09. The lowest BCUT2D eigenvalue weighted by Crippen LogP contribution is -2.24. The molecule has 0 amide bonds. The molecule has 7 heteroatoms. The van der Waals surface area contributed by atoms with E-state index in [4.69, 9.17) is 9.26 Å². The molecule has 0 aliphatic rings. The molecule has 0 saturated carbocycles. The molecule has 0 aliphatic carbocycles. The number of carbonyl (C=O) groups excluding carboxylic acids is 1. The lowest BCUT2D eigenvalue weighted by molar-refractivity contribution is -0.605. The van der Waals surface area contributed by atoms with Gasteiger partial charge in [-0.15, -0.1) is 0 Å². The quantitative estimate of drug-likeness (QED) is 0.403. The second-order valence-electron chi connectivity index (χ2n) is 5.81. The summed E-state index contributed by atoms with van der Waals surface area (Å²) in [5.74, 6) is 0.518. The van der Waals surface area contributed by atoms with Crippen LogP contribution in [0.5, 0.6) is 0 Å². The number of nitrogens with zero attached hydrogens (tertiary/aromatic N) is 3. The first kappa shape index (κ1) is 16.6. The molecule has 2 aromatic heterocycles. The van der Waals surface area contributed by atoms with E-state index in [9.17, 15) is 10.0 Å². The maximum atomic E-state index is 11.9. The van der Waals surface area contributed by atoms with E-state index in [-0.39, 0.29) is 18.1 Å². The summed E-state index contributed by atoms with van der Waals surface area (Å²) in [7, 11) is 0. The summed E-state index contributed by atoms with van der Waals surface area (Å²) in [5, 5.41) is 14.9. The van der Waals surface area contributed by atoms with Crippen LogP contribution in [0.15, 0.2) is 53.3 Å². The van der Waals surface area contributed by atoms with Gasteiger partial charge >= 0.3 is 5.97 Å². The molecule has 0 unspecified atom stereocenters. The number of carbonyl (C=O) groups is 1. The number of hydrogen-bond donors (Lipinski definition) is 0. The van der Waals surface area contributed by atoms with Gasteiger partial charge in [0.05, 0.1) is 5.56 Å². The van der Waals surface area contributed by atoms with Gasteiger partial charge in [-0.25, -0.2) is 4.79 Å². The first-order valence-corrected chi connectivity index (χ1v) is 7.82. The van der Waals surface area contributed by atoms with Gasteiger partial charge in [0.15, 0.2) is 19.0 Å². The van der Waals surface area contributed by atoms with Crippen molar-refractivity contribution in [3.8, 4) is 11.4 Å². The van der Waals surface area contributed by atoms with Crippen LogP contribution >= 0.6 is 0 Å². The summed E-state index contributed by atoms with van der Waals surface area (Å²) in [6.45, 7) is 4.11. The minimum Gasteiger partial charge on any atom is -0.619 e. The molecule has 3 rings (SSSR count). The standard InChI is InChI=1S/C18H17N3O4/c1-12(2)13-3-5-14(6-4-13)17-19-16(25-20-17)11-24-18(22)15-7-9-21(23)10-8-15/h3-10,12H,11H2,1-2H3. The Morgan fingerprint density at radius 3 is 2.52 bits per heavy atom. The second kappa shape index (κ2) is 7.12. The number of pyridine rings is 1. The van der Waals surface area contributed by atoms with Crippen molar-refractivity contribution in [2.75, 3.05) is 0 Å². The molecule has 0 spiro atoms. The molecule has 0 aliphatic heterocycles. The number of benzene rings is 1. The predicted molar refractivity (Wildman–Crippen MR) is 88.3 cm³/mol. The van der Waals surface area contributed by atoms with Crippen molar-refractivity contribution in [1.29, 1.82) is 0 Å². The van der Waals surface area contributed by atoms with Crippen molar-refractivity contribution in [3.05, 3.63) is 71.0 Å². The van der Waals surface area contributed by atoms with E-state index < -0.39 is 5.97 Å². The first-order valence-electron chi connectivity index (χ1n) is 7.82. The average molecular weight is 339 g/mol. The zero-order chi connectivity index (χ0) is 17.8. The Labute approximate surface area is 144 Å². The number of rotatable bonds is 5. The van der Waals surface area contributed by atoms with Crippen LogP contribution in [0.3, 0.4) is 0 Å². The van der Waals surface area contributed by atoms with E-state index in [1.807, 2.05) is 24.3 Å². The summed E-state index contributed by atoms with van der Waals surface area (Å²) in [6.07, 6.45) is 2.45.